The van der Waals surface area contributed by atoms with Gasteiger partial charge in [0.1, 0.15) is 11.6 Å². The van der Waals surface area contributed by atoms with Gasteiger partial charge in [-0.1, -0.05) is 12.1 Å². The summed E-state index contributed by atoms with van der Waals surface area (Å²) >= 11 is 0. The topological polar surface area (TPSA) is 85.7 Å². The molecule has 33 heavy (non-hydrogen) atoms. The first kappa shape index (κ1) is 22.8. The SMILES string of the molecule is CCn1c(-c2cccc(OC)c2)nc2cc(NC(C)=O)cc(C(=O)N3CCC[C@@H](OC)C3)c21. The van der Waals surface area contributed by atoms with E-state index in [1.54, 1.807) is 20.3 Å². The van der Waals surface area contributed by atoms with Crippen molar-refractivity contribution in [3.05, 3.63) is 42.0 Å². The molecular formula is C25H30N4O4. The number of carbonyl (C=O) groups is 2. The van der Waals surface area contributed by atoms with Crippen LogP contribution in [0.25, 0.3) is 22.4 Å². The van der Waals surface area contributed by atoms with E-state index in [2.05, 4.69) is 5.32 Å². The number of anilines is 1. The summed E-state index contributed by atoms with van der Waals surface area (Å²) in [6.07, 6.45) is 1.86. The van der Waals surface area contributed by atoms with E-state index in [-0.39, 0.29) is 17.9 Å². The van der Waals surface area contributed by atoms with Crippen LogP contribution in [-0.2, 0) is 16.1 Å². The third-order valence-corrected chi connectivity index (χ3v) is 6.04. The largest absolute Gasteiger partial charge is 0.497 e. The maximum Gasteiger partial charge on any atom is 0.256 e. The molecule has 3 aromatic rings. The van der Waals surface area contributed by atoms with Gasteiger partial charge in [0.2, 0.25) is 5.91 Å². The number of ether oxygens (including phenoxy) is 2. The minimum atomic E-state index is -0.201. The van der Waals surface area contributed by atoms with Crippen molar-refractivity contribution in [2.75, 3.05) is 32.6 Å². The average Bonchev–Trinajstić information content (AvgIpc) is 3.21. The van der Waals surface area contributed by atoms with Crippen molar-refractivity contribution >= 4 is 28.5 Å². The molecule has 0 radical (unpaired) electrons. The highest BCUT2D eigenvalue weighted by Crippen LogP contribution is 2.32. The number of aryl methyl sites for hydroxylation is 1. The quantitative estimate of drug-likeness (QED) is 0.615. The lowest BCUT2D eigenvalue weighted by Gasteiger charge is -2.32. The maximum absolute atomic E-state index is 13.7. The zero-order valence-corrected chi connectivity index (χ0v) is 19.6. The van der Waals surface area contributed by atoms with Gasteiger partial charge in [0, 0.05) is 44.9 Å². The number of likely N-dealkylation sites (tertiary alicyclic amines) is 1. The minimum Gasteiger partial charge on any atom is -0.497 e. The van der Waals surface area contributed by atoms with E-state index in [4.69, 9.17) is 14.5 Å². The first-order valence-electron chi connectivity index (χ1n) is 11.2. The molecule has 2 aromatic carbocycles. The lowest BCUT2D eigenvalue weighted by atomic mass is 10.0. The summed E-state index contributed by atoms with van der Waals surface area (Å²) < 4.78 is 13.0. The Morgan fingerprint density at radius 3 is 2.73 bits per heavy atom. The third-order valence-electron chi connectivity index (χ3n) is 6.04. The number of rotatable bonds is 6. The number of nitrogens with zero attached hydrogens (tertiary/aromatic N) is 3. The van der Waals surface area contributed by atoms with Crippen molar-refractivity contribution in [3.63, 3.8) is 0 Å². The van der Waals surface area contributed by atoms with E-state index in [9.17, 15) is 9.59 Å². The van der Waals surface area contributed by atoms with Crippen LogP contribution in [0.15, 0.2) is 36.4 Å². The molecule has 0 saturated carbocycles. The number of fused-ring (bicyclic) bond motifs is 1. The number of hydrogen-bond donors (Lipinski definition) is 1. The molecule has 1 aliphatic heterocycles. The van der Waals surface area contributed by atoms with Gasteiger partial charge in [-0.3, -0.25) is 9.59 Å². The summed E-state index contributed by atoms with van der Waals surface area (Å²) in [6.45, 7) is 5.33. The number of nitrogens with one attached hydrogen (secondary N) is 1. The molecule has 0 bridgehead atoms. The summed E-state index contributed by atoms with van der Waals surface area (Å²) in [7, 11) is 3.31. The van der Waals surface area contributed by atoms with E-state index in [1.807, 2.05) is 46.7 Å². The number of aromatic nitrogens is 2. The second kappa shape index (κ2) is 9.62. The van der Waals surface area contributed by atoms with Crippen LogP contribution in [0.1, 0.15) is 37.0 Å². The van der Waals surface area contributed by atoms with Crippen LogP contribution >= 0.6 is 0 Å². The van der Waals surface area contributed by atoms with Gasteiger partial charge in [-0.2, -0.15) is 0 Å². The van der Waals surface area contributed by atoms with E-state index in [0.717, 1.165) is 35.5 Å². The second-order valence-electron chi connectivity index (χ2n) is 8.24. The van der Waals surface area contributed by atoms with Crippen LogP contribution in [0.2, 0.25) is 0 Å². The lowest BCUT2D eigenvalue weighted by molar-refractivity contribution is -0.114. The fourth-order valence-electron chi connectivity index (χ4n) is 4.48. The molecule has 0 aliphatic carbocycles. The van der Waals surface area contributed by atoms with Crippen LogP contribution in [0.4, 0.5) is 5.69 Å². The molecule has 0 unspecified atom stereocenters. The Morgan fingerprint density at radius 1 is 1.21 bits per heavy atom. The number of methoxy groups -OCH3 is 2. The van der Waals surface area contributed by atoms with Gasteiger partial charge in [0.05, 0.1) is 29.8 Å². The zero-order chi connectivity index (χ0) is 23.5. The predicted octanol–water partition coefficient (Wildman–Crippen LogP) is 3.94. The molecule has 1 aromatic heterocycles. The second-order valence-corrected chi connectivity index (χ2v) is 8.24. The monoisotopic (exact) mass is 450 g/mol. The number of amides is 2. The third kappa shape index (κ3) is 4.57. The van der Waals surface area contributed by atoms with Crippen molar-refractivity contribution in [1.82, 2.24) is 14.5 Å². The van der Waals surface area contributed by atoms with Gasteiger partial charge in [-0.05, 0) is 44.0 Å². The van der Waals surface area contributed by atoms with Gasteiger partial charge in [-0.25, -0.2) is 4.98 Å². The highest BCUT2D eigenvalue weighted by atomic mass is 16.5. The first-order chi connectivity index (χ1) is 15.9. The molecule has 8 nitrogen and oxygen atoms in total. The van der Waals surface area contributed by atoms with Crippen LogP contribution in [0.5, 0.6) is 5.75 Å². The molecule has 2 amide bonds. The van der Waals surface area contributed by atoms with Crippen LogP contribution in [-0.4, -0.2) is 59.7 Å². The van der Waals surface area contributed by atoms with Crippen molar-refractivity contribution < 1.29 is 19.1 Å². The van der Waals surface area contributed by atoms with E-state index in [0.29, 0.717) is 36.4 Å². The number of benzene rings is 2. The summed E-state index contributed by atoms with van der Waals surface area (Å²) in [4.78, 5) is 32.2. The highest BCUT2D eigenvalue weighted by Gasteiger charge is 2.28. The van der Waals surface area contributed by atoms with Gasteiger partial charge >= 0.3 is 0 Å². The molecular weight excluding hydrogens is 420 g/mol. The Labute approximate surface area is 193 Å². The molecule has 1 saturated heterocycles. The predicted molar refractivity (Wildman–Crippen MR) is 128 cm³/mol. The van der Waals surface area contributed by atoms with Crippen LogP contribution in [0, 0.1) is 0 Å². The standard InChI is InChI=1S/C25H30N4O4/c1-5-29-23-21(25(31)28-11-7-10-20(15-28)33-4)13-18(26-16(2)30)14-22(23)27-24(29)17-8-6-9-19(12-17)32-3/h6,8-9,12-14,20H,5,7,10-11,15H2,1-4H3,(H,26,30)/t20-/m1/s1. The first-order valence-corrected chi connectivity index (χ1v) is 11.2. The number of imidazole rings is 1. The number of hydrogen-bond acceptors (Lipinski definition) is 5. The van der Waals surface area contributed by atoms with Crippen LogP contribution in [0.3, 0.4) is 0 Å². The van der Waals surface area contributed by atoms with Gasteiger partial charge in [0.25, 0.3) is 5.91 Å². The fourth-order valence-corrected chi connectivity index (χ4v) is 4.48. The van der Waals surface area contributed by atoms with E-state index < -0.39 is 0 Å². The number of piperidine rings is 1. The summed E-state index contributed by atoms with van der Waals surface area (Å²) in [5, 5.41) is 2.82. The average molecular weight is 451 g/mol. The molecule has 8 heteroatoms. The van der Waals surface area contributed by atoms with Crippen molar-refractivity contribution in [2.45, 2.75) is 39.3 Å². The van der Waals surface area contributed by atoms with Gasteiger partial charge in [0.15, 0.2) is 0 Å². The smallest absolute Gasteiger partial charge is 0.256 e. The Morgan fingerprint density at radius 2 is 2.03 bits per heavy atom. The highest BCUT2D eigenvalue weighted by molar-refractivity contribution is 6.08. The number of carbonyl (C=O) groups excluding carboxylic acids is 2. The van der Waals surface area contributed by atoms with Gasteiger partial charge < -0.3 is 24.3 Å². The molecule has 174 valence electrons. The lowest BCUT2D eigenvalue weighted by Crippen LogP contribution is -2.43. The summed E-state index contributed by atoms with van der Waals surface area (Å²) in [5.74, 6) is 1.19. The van der Waals surface area contributed by atoms with Crippen LogP contribution < -0.4 is 10.1 Å². The molecule has 1 N–H and O–H groups in total. The Hall–Kier alpha value is -3.39. The van der Waals surface area contributed by atoms with Crippen molar-refractivity contribution in [1.29, 1.82) is 0 Å². The fraction of sp³-hybridized carbons (Fsp3) is 0.400. The van der Waals surface area contributed by atoms with Crippen molar-refractivity contribution in [2.24, 2.45) is 0 Å². The molecule has 2 heterocycles. The van der Waals surface area contributed by atoms with E-state index >= 15 is 0 Å². The van der Waals surface area contributed by atoms with Crippen molar-refractivity contribution in [3.8, 4) is 17.1 Å². The zero-order valence-electron chi connectivity index (χ0n) is 19.6. The van der Waals surface area contributed by atoms with E-state index in [1.165, 1.54) is 6.92 Å². The Balaban J connectivity index is 1.89. The molecule has 4 rings (SSSR count). The van der Waals surface area contributed by atoms with Gasteiger partial charge in [-0.15, -0.1) is 0 Å². The maximum atomic E-state index is 13.7. The molecule has 1 atom stereocenters. The summed E-state index contributed by atoms with van der Waals surface area (Å²) in [6, 6.07) is 11.3. The minimum absolute atomic E-state index is 0.0279. The Bertz CT molecular complexity index is 1190. The molecule has 1 fully saturated rings. The molecule has 1 aliphatic rings. The normalized spacial score (nSPS) is 16.1. The summed E-state index contributed by atoms with van der Waals surface area (Å²) in [5.41, 5.74) is 3.39. The Kier molecular flexibility index (Phi) is 6.65. The molecule has 0 spiro atoms.